The van der Waals surface area contributed by atoms with Crippen molar-refractivity contribution in [3.8, 4) is 0 Å². The van der Waals surface area contributed by atoms with Crippen LogP contribution in [0.2, 0.25) is 0 Å². The molecule has 0 aliphatic carbocycles. The fourth-order valence-electron chi connectivity index (χ4n) is 3.35. The number of rotatable bonds is 5. The lowest BCUT2D eigenvalue weighted by Crippen LogP contribution is -2.43. The predicted molar refractivity (Wildman–Crippen MR) is 101 cm³/mol. The normalized spacial score (nSPS) is 17.0. The van der Waals surface area contributed by atoms with E-state index in [2.05, 4.69) is 22.2 Å². The number of piperidine rings is 1. The summed E-state index contributed by atoms with van der Waals surface area (Å²) < 4.78 is 0. The number of Topliss-reactive ketones (excluding diaryl/α,β-unsaturated/α-hetero) is 1. The van der Waals surface area contributed by atoms with Gasteiger partial charge in [-0.1, -0.05) is 19.1 Å². The second-order valence-electron chi connectivity index (χ2n) is 6.61. The molecule has 1 saturated heterocycles. The fraction of sp³-hybridized carbons (Fsp3) is 0.400. The van der Waals surface area contributed by atoms with Crippen LogP contribution in [0.15, 0.2) is 36.7 Å². The van der Waals surface area contributed by atoms with Gasteiger partial charge in [0.2, 0.25) is 0 Å². The van der Waals surface area contributed by atoms with Crippen molar-refractivity contribution >= 4 is 23.2 Å². The summed E-state index contributed by atoms with van der Waals surface area (Å²) in [6.07, 6.45) is 5.62. The number of likely N-dealkylation sites (tertiary alicyclic amines) is 1. The minimum atomic E-state index is -0.0421. The molecule has 0 saturated carbocycles. The van der Waals surface area contributed by atoms with Crippen molar-refractivity contribution in [3.05, 3.63) is 47.9 Å². The Morgan fingerprint density at radius 3 is 2.85 bits per heavy atom. The number of nitrogens with one attached hydrogen (secondary N) is 1. The van der Waals surface area contributed by atoms with Gasteiger partial charge in [0, 0.05) is 29.9 Å². The van der Waals surface area contributed by atoms with E-state index in [0.717, 1.165) is 31.5 Å². The molecule has 1 fully saturated rings. The van der Waals surface area contributed by atoms with Gasteiger partial charge in [0.15, 0.2) is 5.78 Å². The number of aromatic nitrogens is 2. The third-order valence-electron chi connectivity index (χ3n) is 4.79. The highest BCUT2D eigenvalue weighted by atomic mass is 16.2. The van der Waals surface area contributed by atoms with E-state index in [1.165, 1.54) is 19.7 Å². The standard InChI is InChI=1S/C20H24N4O2/c1-3-17-9-4-5-10-24(17)20(26)18-12-19(22-13-21-18)23-16-8-6-7-15(11-16)14(2)25/h6-8,11-13,17H,3-5,9-10H2,1-2H3,(H,21,22,23). The number of ketones is 1. The zero-order valence-electron chi connectivity index (χ0n) is 15.2. The quantitative estimate of drug-likeness (QED) is 0.828. The fourth-order valence-corrected chi connectivity index (χ4v) is 3.35. The first-order valence-electron chi connectivity index (χ1n) is 9.09. The Bertz CT molecular complexity index is 806. The zero-order chi connectivity index (χ0) is 18.5. The molecule has 1 atom stereocenters. The van der Waals surface area contributed by atoms with E-state index < -0.39 is 0 Å². The molecular weight excluding hydrogens is 328 g/mol. The van der Waals surface area contributed by atoms with Crippen LogP contribution in [0.1, 0.15) is 60.4 Å². The van der Waals surface area contributed by atoms with Crippen LogP contribution in [-0.4, -0.2) is 39.1 Å². The highest BCUT2D eigenvalue weighted by Gasteiger charge is 2.27. The molecule has 0 radical (unpaired) electrons. The van der Waals surface area contributed by atoms with E-state index in [4.69, 9.17) is 0 Å². The monoisotopic (exact) mass is 352 g/mol. The zero-order valence-corrected chi connectivity index (χ0v) is 15.2. The number of hydrogen-bond donors (Lipinski definition) is 1. The Morgan fingerprint density at radius 1 is 1.23 bits per heavy atom. The summed E-state index contributed by atoms with van der Waals surface area (Å²) in [5, 5.41) is 3.15. The molecule has 1 aromatic carbocycles. The SMILES string of the molecule is CCC1CCCCN1C(=O)c1cc(Nc2cccc(C(C)=O)c2)ncn1. The highest BCUT2D eigenvalue weighted by molar-refractivity contribution is 5.95. The van der Waals surface area contributed by atoms with Crippen LogP contribution in [-0.2, 0) is 0 Å². The lowest BCUT2D eigenvalue weighted by molar-refractivity contribution is 0.0601. The average Bonchev–Trinajstić information content (AvgIpc) is 2.67. The van der Waals surface area contributed by atoms with Crippen LogP contribution in [0.5, 0.6) is 0 Å². The number of carbonyl (C=O) groups is 2. The van der Waals surface area contributed by atoms with E-state index in [9.17, 15) is 9.59 Å². The van der Waals surface area contributed by atoms with E-state index >= 15 is 0 Å². The van der Waals surface area contributed by atoms with Gasteiger partial charge >= 0.3 is 0 Å². The Hall–Kier alpha value is -2.76. The Balaban J connectivity index is 1.78. The largest absolute Gasteiger partial charge is 0.340 e. The Kier molecular flexibility index (Phi) is 5.61. The Labute approximate surface area is 153 Å². The molecule has 2 heterocycles. The van der Waals surface area contributed by atoms with E-state index in [1.807, 2.05) is 17.0 Å². The molecule has 3 rings (SSSR count). The molecule has 6 heteroatoms. The van der Waals surface area contributed by atoms with Crippen LogP contribution in [0.4, 0.5) is 11.5 Å². The van der Waals surface area contributed by atoms with Gasteiger partial charge in [0.05, 0.1) is 0 Å². The van der Waals surface area contributed by atoms with Crippen LogP contribution in [0, 0.1) is 0 Å². The van der Waals surface area contributed by atoms with Gasteiger partial charge < -0.3 is 10.2 Å². The van der Waals surface area contributed by atoms with Gasteiger partial charge in [-0.15, -0.1) is 0 Å². The summed E-state index contributed by atoms with van der Waals surface area (Å²) >= 11 is 0. The summed E-state index contributed by atoms with van der Waals surface area (Å²) in [6.45, 7) is 4.43. The summed E-state index contributed by atoms with van der Waals surface area (Å²) in [4.78, 5) is 34.7. The number of amides is 1. The van der Waals surface area contributed by atoms with Gasteiger partial charge in [0.25, 0.3) is 5.91 Å². The number of nitrogens with zero attached hydrogens (tertiary/aromatic N) is 3. The first-order valence-corrected chi connectivity index (χ1v) is 9.09. The summed E-state index contributed by atoms with van der Waals surface area (Å²) in [6, 6.07) is 9.16. The van der Waals surface area contributed by atoms with Gasteiger partial charge in [-0.2, -0.15) is 0 Å². The summed E-state index contributed by atoms with van der Waals surface area (Å²) in [5.41, 5.74) is 1.77. The summed E-state index contributed by atoms with van der Waals surface area (Å²) in [5.74, 6) is 0.497. The third-order valence-corrected chi connectivity index (χ3v) is 4.79. The molecule has 6 nitrogen and oxygen atoms in total. The van der Waals surface area contributed by atoms with E-state index in [0.29, 0.717) is 17.1 Å². The smallest absolute Gasteiger partial charge is 0.272 e. The molecule has 1 N–H and O–H groups in total. The number of benzene rings is 1. The van der Waals surface area contributed by atoms with Crippen molar-refractivity contribution in [2.75, 3.05) is 11.9 Å². The first-order chi connectivity index (χ1) is 12.6. The molecule has 26 heavy (non-hydrogen) atoms. The Morgan fingerprint density at radius 2 is 2.08 bits per heavy atom. The van der Waals surface area contributed by atoms with Gasteiger partial charge in [0.1, 0.15) is 17.8 Å². The van der Waals surface area contributed by atoms with Crippen molar-refractivity contribution in [1.82, 2.24) is 14.9 Å². The lowest BCUT2D eigenvalue weighted by Gasteiger charge is -2.35. The van der Waals surface area contributed by atoms with Gasteiger partial charge in [-0.3, -0.25) is 9.59 Å². The molecular formula is C20H24N4O2. The number of carbonyl (C=O) groups excluding carboxylic acids is 2. The second kappa shape index (κ2) is 8.08. The van der Waals surface area contributed by atoms with Gasteiger partial charge in [-0.25, -0.2) is 9.97 Å². The average molecular weight is 352 g/mol. The molecule has 136 valence electrons. The first kappa shape index (κ1) is 18.0. The van der Waals surface area contributed by atoms with E-state index in [1.54, 1.807) is 18.2 Å². The van der Waals surface area contributed by atoms with Crippen molar-refractivity contribution in [2.24, 2.45) is 0 Å². The molecule has 1 aromatic heterocycles. The van der Waals surface area contributed by atoms with Crippen molar-refractivity contribution in [1.29, 1.82) is 0 Å². The maximum atomic E-state index is 12.9. The minimum absolute atomic E-state index is 0.00269. The van der Waals surface area contributed by atoms with Crippen molar-refractivity contribution < 1.29 is 9.59 Å². The summed E-state index contributed by atoms with van der Waals surface area (Å²) in [7, 11) is 0. The second-order valence-corrected chi connectivity index (χ2v) is 6.61. The molecule has 1 amide bonds. The topological polar surface area (TPSA) is 75.2 Å². The van der Waals surface area contributed by atoms with Crippen LogP contribution in [0.3, 0.4) is 0 Å². The van der Waals surface area contributed by atoms with Crippen LogP contribution in [0.25, 0.3) is 0 Å². The van der Waals surface area contributed by atoms with Crippen LogP contribution < -0.4 is 5.32 Å². The van der Waals surface area contributed by atoms with Gasteiger partial charge in [-0.05, 0) is 44.7 Å². The number of hydrogen-bond acceptors (Lipinski definition) is 5. The highest BCUT2D eigenvalue weighted by Crippen LogP contribution is 2.22. The van der Waals surface area contributed by atoms with E-state index in [-0.39, 0.29) is 17.7 Å². The lowest BCUT2D eigenvalue weighted by atomic mass is 9.99. The predicted octanol–water partition coefficient (Wildman–Crippen LogP) is 3.83. The molecule has 2 aromatic rings. The molecule has 1 aliphatic rings. The van der Waals surface area contributed by atoms with Crippen molar-refractivity contribution in [2.45, 2.75) is 45.6 Å². The minimum Gasteiger partial charge on any atom is -0.340 e. The number of anilines is 2. The maximum absolute atomic E-state index is 12.9. The van der Waals surface area contributed by atoms with Crippen LogP contribution >= 0.6 is 0 Å². The molecule has 1 aliphatic heterocycles. The third kappa shape index (κ3) is 4.07. The molecule has 1 unspecified atom stereocenters. The maximum Gasteiger partial charge on any atom is 0.272 e. The molecule has 0 spiro atoms. The molecule has 0 bridgehead atoms. The van der Waals surface area contributed by atoms with Crippen molar-refractivity contribution in [3.63, 3.8) is 0 Å².